The van der Waals surface area contributed by atoms with E-state index in [9.17, 15) is 22.8 Å². The summed E-state index contributed by atoms with van der Waals surface area (Å²) in [6, 6.07) is 8.24. The molecule has 216 valence electrons. The first-order valence-electron chi connectivity index (χ1n) is 13.1. The minimum absolute atomic E-state index is 0.0364. The van der Waals surface area contributed by atoms with Gasteiger partial charge >= 0.3 is 12.1 Å². The first-order chi connectivity index (χ1) is 18.3. The van der Waals surface area contributed by atoms with Crippen LogP contribution in [0.25, 0.3) is 11.1 Å². The van der Waals surface area contributed by atoms with E-state index in [4.69, 9.17) is 9.47 Å². The molecular weight excluding hydrogens is 540 g/mol. The molecule has 0 saturated carbocycles. The second kappa shape index (κ2) is 14.5. The first-order valence-corrected chi connectivity index (χ1v) is 15.4. The number of rotatable bonds is 13. The average molecular weight is 581 g/mol. The molecule has 0 saturated heterocycles. The van der Waals surface area contributed by atoms with Gasteiger partial charge in [0.15, 0.2) is 0 Å². The van der Waals surface area contributed by atoms with Crippen molar-refractivity contribution in [2.24, 2.45) is 11.8 Å². The smallest absolute Gasteiger partial charge is 0.421 e. The zero-order valence-electron chi connectivity index (χ0n) is 23.8. The van der Waals surface area contributed by atoms with Gasteiger partial charge in [0.05, 0.1) is 13.7 Å². The van der Waals surface area contributed by atoms with Crippen LogP contribution in [0.1, 0.15) is 64.8 Å². The molecule has 2 amide bonds. The van der Waals surface area contributed by atoms with Crippen molar-refractivity contribution in [3.63, 3.8) is 0 Å². The molecule has 0 aliphatic heterocycles. The molecule has 2 rings (SSSR count). The Balaban J connectivity index is 2.40. The normalized spacial score (nSPS) is 12.3. The molecule has 1 heterocycles. The third-order valence-electron chi connectivity index (χ3n) is 5.98. The zero-order valence-corrected chi connectivity index (χ0v) is 25.4. The zero-order chi connectivity index (χ0) is 29.3. The maximum atomic E-state index is 13.2. The fraction of sp³-hybridized carbons (Fsp3) is 0.536. The van der Waals surface area contributed by atoms with Crippen LogP contribution in [0.5, 0.6) is 0 Å². The topological polar surface area (TPSA) is 119 Å². The van der Waals surface area contributed by atoms with E-state index in [1.807, 2.05) is 45.4 Å². The summed E-state index contributed by atoms with van der Waals surface area (Å²) in [6.07, 6.45) is 1.14. The molecule has 0 bridgehead atoms. The summed E-state index contributed by atoms with van der Waals surface area (Å²) in [5.74, 6) is -0.588. The van der Waals surface area contributed by atoms with Gasteiger partial charge in [-0.2, -0.15) is 0 Å². The molecule has 1 aromatic heterocycles. The van der Waals surface area contributed by atoms with Gasteiger partial charge < -0.3 is 14.4 Å². The molecule has 39 heavy (non-hydrogen) atoms. The van der Waals surface area contributed by atoms with Crippen LogP contribution in [-0.4, -0.2) is 51.0 Å². The quantitative estimate of drug-likeness (QED) is 0.250. The van der Waals surface area contributed by atoms with Crippen LogP contribution in [0.15, 0.2) is 34.5 Å². The Kier molecular flexibility index (Phi) is 12.0. The summed E-state index contributed by atoms with van der Waals surface area (Å²) in [7, 11) is -2.88. The molecule has 1 aromatic carbocycles. The van der Waals surface area contributed by atoms with Crippen LogP contribution in [-0.2, 0) is 42.1 Å². The first kappa shape index (κ1) is 32.3. The molecule has 0 unspecified atom stereocenters. The fourth-order valence-electron chi connectivity index (χ4n) is 4.09. The van der Waals surface area contributed by atoms with Gasteiger partial charge in [0.2, 0.25) is 5.91 Å². The lowest BCUT2D eigenvalue weighted by Crippen LogP contribution is -2.47. The Bertz CT molecular complexity index is 1240. The van der Waals surface area contributed by atoms with Crippen LogP contribution in [0.4, 0.5) is 4.79 Å². The van der Waals surface area contributed by atoms with E-state index in [0.717, 1.165) is 28.2 Å². The molecule has 9 nitrogen and oxygen atoms in total. The predicted octanol–water partition coefficient (Wildman–Crippen LogP) is 5.37. The van der Waals surface area contributed by atoms with Gasteiger partial charge in [-0.05, 0) is 41.9 Å². The van der Waals surface area contributed by atoms with E-state index in [1.54, 1.807) is 24.3 Å². The highest BCUT2D eigenvalue weighted by molar-refractivity contribution is 7.92. The van der Waals surface area contributed by atoms with Crippen molar-refractivity contribution in [3.8, 4) is 11.1 Å². The molecule has 1 atom stereocenters. The van der Waals surface area contributed by atoms with Crippen molar-refractivity contribution in [3.05, 3.63) is 40.8 Å². The number of amides is 2. The van der Waals surface area contributed by atoms with Gasteiger partial charge in [0.1, 0.15) is 10.3 Å². The summed E-state index contributed by atoms with van der Waals surface area (Å²) in [4.78, 5) is 39.3. The van der Waals surface area contributed by atoms with Crippen LogP contribution < -0.4 is 4.72 Å². The largest absolute Gasteiger partial charge is 0.467 e. The Morgan fingerprint density at radius 2 is 1.72 bits per heavy atom. The standard InChI is InChI=1S/C28H40N2O7S2/c1-8-9-14-37-28(33)29-39(34,35)27-24(16-23(38-27)15-18(2)3)22-12-10-21(11-13-22)17-30(20(6)31)25(19(4)5)26(32)36-7/h10-13,16,18-19,25H,8-9,14-15,17H2,1-7H3,(H,29,33)/t25-/m0/s1. The second-order valence-corrected chi connectivity index (χ2v) is 13.2. The second-order valence-electron chi connectivity index (χ2n) is 10.2. The number of thiophene rings is 1. The predicted molar refractivity (Wildman–Crippen MR) is 152 cm³/mol. The highest BCUT2D eigenvalue weighted by Gasteiger charge is 2.32. The van der Waals surface area contributed by atoms with E-state index in [-0.39, 0.29) is 29.2 Å². The van der Waals surface area contributed by atoms with E-state index in [2.05, 4.69) is 0 Å². The van der Waals surface area contributed by atoms with E-state index in [1.165, 1.54) is 18.9 Å². The SMILES string of the molecule is CCCCOC(=O)NS(=O)(=O)c1sc(CC(C)C)cc1-c1ccc(CN(C(C)=O)[C@H](C(=O)OC)C(C)C)cc1. The molecular formula is C28H40N2O7S2. The maximum Gasteiger partial charge on any atom is 0.421 e. The average Bonchev–Trinajstić information content (AvgIpc) is 3.27. The van der Waals surface area contributed by atoms with Crippen molar-refractivity contribution >= 4 is 39.3 Å². The van der Waals surface area contributed by atoms with E-state index >= 15 is 0 Å². The third-order valence-corrected chi connectivity index (χ3v) is 8.99. The number of hydrogen-bond acceptors (Lipinski definition) is 8. The van der Waals surface area contributed by atoms with Gasteiger partial charge in [-0.15, -0.1) is 11.3 Å². The number of unbranched alkanes of at least 4 members (excludes halogenated alkanes) is 1. The summed E-state index contributed by atoms with van der Waals surface area (Å²) in [5.41, 5.74) is 1.89. The number of sulfonamides is 1. The lowest BCUT2D eigenvalue weighted by Gasteiger charge is -2.31. The van der Waals surface area contributed by atoms with Gasteiger partial charge in [-0.3, -0.25) is 4.79 Å². The Morgan fingerprint density at radius 3 is 2.23 bits per heavy atom. The lowest BCUT2D eigenvalue weighted by atomic mass is 10.0. The number of carbonyl (C=O) groups is 3. The lowest BCUT2D eigenvalue weighted by molar-refractivity contribution is -0.154. The summed E-state index contributed by atoms with van der Waals surface area (Å²) in [6.45, 7) is 11.5. The van der Waals surface area contributed by atoms with Crippen LogP contribution >= 0.6 is 11.3 Å². The van der Waals surface area contributed by atoms with Crippen molar-refractivity contribution in [1.82, 2.24) is 9.62 Å². The molecule has 0 fully saturated rings. The van der Waals surface area contributed by atoms with E-state index in [0.29, 0.717) is 29.9 Å². The minimum atomic E-state index is -4.17. The number of carbonyl (C=O) groups excluding carboxylic acids is 3. The number of nitrogens with zero attached hydrogens (tertiary/aromatic N) is 1. The molecule has 0 spiro atoms. The Labute approximate surface area is 235 Å². The number of esters is 1. The molecule has 11 heteroatoms. The van der Waals surface area contributed by atoms with Crippen LogP contribution in [0.3, 0.4) is 0 Å². The fourth-order valence-corrected chi connectivity index (χ4v) is 6.93. The highest BCUT2D eigenvalue weighted by Crippen LogP contribution is 2.36. The highest BCUT2D eigenvalue weighted by atomic mass is 32.2. The number of nitrogens with one attached hydrogen (secondary N) is 1. The molecule has 0 radical (unpaired) electrons. The Morgan fingerprint density at radius 1 is 1.08 bits per heavy atom. The third kappa shape index (κ3) is 9.06. The molecule has 2 aromatic rings. The number of methoxy groups -OCH3 is 1. The van der Waals surface area contributed by atoms with E-state index < -0.39 is 28.1 Å². The van der Waals surface area contributed by atoms with Crippen molar-refractivity contribution in [2.45, 2.75) is 77.6 Å². The van der Waals surface area contributed by atoms with Crippen molar-refractivity contribution in [2.75, 3.05) is 13.7 Å². The monoisotopic (exact) mass is 580 g/mol. The number of benzene rings is 1. The minimum Gasteiger partial charge on any atom is -0.467 e. The van der Waals surface area contributed by atoms with Gasteiger partial charge in [-0.1, -0.05) is 65.3 Å². The molecule has 1 N–H and O–H groups in total. The van der Waals surface area contributed by atoms with Crippen molar-refractivity contribution in [1.29, 1.82) is 0 Å². The van der Waals surface area contributed by atoms with Crippen LogP contribution in [0.2, 0.25) is 0 Å². The number of ether oxygens (including phenoxy) is 2. The number of hydrogen-bond donors (Lipinski definition) is 1. The molecule has 0 aliphatic rings. The van der Waals surface area contributed by atoms with Crippen LogP contribution in [0, 0.1) is 11.8 Å². The summed E-state index contributed by atoms with van der Waals surface area (Å²) < 4.78 is 38.4. The van der Waals surface area contributed by atoms with Gasteiger partial charge in [0, 0.05) is 23.9 Å². The summed E-state index contributed by atoms with van der Waals surface area (Å²) in [5, 5.41) is 0. The van der Waals surface area contributed by atoms with Crippen molar-refractivity contribution < 1.29 is 32.3 Å². The molecule has 0 aliphatic carbocycles. The Hall–Kier alpha value is -2.92. The van der Waals surface area contributed by atoms with Gasteiger partial charge in [0.25, 0.3) is 10.0 Å². The maximum absolute atomic E-state index is 13.2. The summed E-state index contributed by atoms with van der Waals surface area (Å²) >= 11 is 1.13. The van der Waals surface area contributed by atoms with Gasteiger partial charge in [-0.25, -0.2) is 22.7 Å².